The maximum absolute atomic E-state index is 13.6. The molecule has 2 nitrogen and oxygen atoms in total. The van der Waals surface area contributed by atoms with Gasteiger partial charge in [0.15, 0.2) is 0 Å². The molecular formula is C11H12ClF4NO. The summed E-state index contributed by atoms with van der Waals surface area (Å²) in [6, 6.07) is -0.189. The first-order chi connectivity index (χ1) is 8.18. The second-order valence-electron chi connectivity index (χ2n) is 3.86. The van der Waals surface area contributed by atoms with Crippen molar-refractivity contribution in [3.63, 3.8) is 0 Å². The van der Waals surface area contributed by atoms with Crippen LogP contribution in [0, 0.1) is 5.82 Å². The van der Waals surface area contributed by atoms with Crippen LogP contribution in [0.4, 0.5) is 17.6 Å². The molecule has 0 aliphatic rings. The maximum Gasteiger partial charge on any atom is 0.416 e. The van der Waals surface area contributed by atoms with Gasteiger partial charge in [-0.25, -0.2) is 4.39 Å². The normalized spacial score (nSPS) is 15.6. The molecule has 0 spiro atoms. The van der Waals surface area contributed by atoms with Crippen LogP contribution in [0.2, 0.25) is 5.02 Å². The summed E-state index contributed by atoms with van der Waals surface area (Å²) in [4.78, 5) is 0. The standard InChI is InChI=1S/C11H12ClF4NO/c1-2-8(18)10(17)6-3-5(11(14,15)16)4-7(12)9(6)13/h3-4,8,10,18H,2,17H2,1H3/t8-,10+/m0/s1. The molecule has 0 fully saturated rings. The van der Waals surface area contributed by atoms with Gasteiger partial charge in [0, 0.05) is 5.56 Å². The molecule has 102 valence electrons. The van der Waals surface area contributed by atoms with E-state index in [-0.39, 0.29) is 6.42 Å². The first kappa shape index (κ1) is 15.2. The van der Waals surface area contributed by atoms with E-state index < -0.39 is 40.3 Å². The first-order valence-corrected chi connectivity index (χ1v) is 5.56. The fourth-order valence-corrected chi connectivity index (χ4v) is 1.70. The Labute approximate surface area is 106 Å². The lowest BCUT2D eigenvalue weighted by Crippen LogP contribution is -2.27. The minimum atomic E-state index is -4.65. The Morgan fingerprint density at radius 1 is 1.39 bits per heavy atom. The second kappa shape index (κ2) is 5.42. The second-order valence-corrected chi connectivity index (χ2v) is 4.27. The highest BCUT2D eigenvalue weighted by Crippen LogP contribution is 2.35. The van der Waals surface area contributed by atoms with Gasteiger partial charge < -0.3 is 10.8 Å². The monoisotopic (exact) mass is 285 g/mol. The summed E-state index contributed by atoms with van der Waals surface area (Å²) < 4.78 is 51.3. The Balaban J connectivity index is 3.31. The lowest BCUT2D eigenvalue weighted by atomic mass is 9.98. The van der Waals surface area contributed by atoms with Gasteiger partial charge in [-0.05, 0) is 18.6 Å². The fraction of sp³-hybridized carbons (Fsp3) is 0.455. The Hall–Kier alpha value is -0.850. The molecular weight excluding hydrogens is 274 g/mol. The molecule has 0 aromatic heterocycles. The van der Waals surface area contributed by atoms with E-state index in [1.807, 2.05) is 0 Å². The summed E-state index contributed by atoms with van der Waals surface area (Å²) in [6.45, 7) is 1.58. The van der Waals surface area contributed by atoms with Gasteiger partial charge >= 0.3 is 6.18 Å². The van der Waals surface area contributed by atoms with Crippen LogP contribution in [0.1, 0.15) is 30.5 Å². The minimum absolute atomic E-state index is 0.189. The molecule has 1 aromatic carbocycles. The summed E-state index contributed by atoms with van der Waals surface area (Å²) in [5, 5.41) is 8.80. The number of alkyl halides is 3. The third-order valence-electron chi connectivity index (χ3n) is 2.58. The molecule has 1 aromatic rings. The van der Waals surface area contributed by atoms with Crippen molar-refractivity contribution in [3.05, 3.63) is 34.1 Å². The number of rotatable bonds is 3. The molecule has 2 atom stereocenters. The molecule has 0 aliphatic carbocycles. The van der Waals surface area contributed by atoms with Crippen molar-refractivity contribution in [1.82, 2.24) is 0 Å². The van der Waals surface area contributed by atoms with Crippen molar-refractivity contribution in [2.24, 2.45) is 5.73 Å². The summed E-state index contributed by atoms with van der Waals surface area (Å²) in [5.41, 5.74) is 3.98. The van der Waals surface area contributed by atoms with Crippen molar-refractivity contribution in [3.8, 4) is 0 Å². The highest BCUT2D eigenvalue weighted by atomic mass is 35.5. The van der Waals surface area contributed by atoms with Crippen LogP contribution in [-0.4, -0.2) is 11.2 Å². The lowest BCUT2D eigenvalue weighted by molar-refractivity contribution is -0.137. The van der Waals surface area contributed by atoms with Gasteiger partial charge in [0.05, 0.1) is 22.7 Å². The molecule has 18 heavy (non-hydrogen) atoms. The van der Waals surface area contributed by atoms with Gasteiger partial charge in [-0.15, -0.1) is 0 Å². The molecule has 0 saturated heterocycles. The summed E-state index contributed by atoms with van der Waals surface area (Å²) in [7, 11) is 0. The van der Waals surface area contributed by atoms with E-state index >= 15 is 0 Å². The fourth-order valence-electron chi connectivity index (χ4n) is 1.48. The van der Waals surface area contributed by atoms with Crippen molar-refractivity contribution in [2.75, 3.05) is 0 Å². The number of hydrogen-bond donors (Lipinski definition) is 2. The zero-order chi connectivity index (χ0) is 14.1. The van der Waals surface area contributed by atoms with Gasteiger partial charge in [-0.1, -0.05) is 18.5 Å². The predicted molar refractivity (Wildman–Crippen MR) is 59.6 cm³/mol. The minimum Gasteiger partial charge on any atom is -0.391 e. The highest BCUT2D eigenvalue weighted by Gasteiger charge is 2.33. The largest absolute Gasteiger partial charge is 0.416 e. The van der Waals surface area contributed by atoms with Crippen molar-refractivity contribution in [1.29, 1.82) is 0 Å². The van der Waals surface area contributed by atoms with E-state index in [0.717, 1.165) is 0 Å². The lowest BCUT2D eigenvalue weighted by Gasteiger charge is -2.20. The number of nitrogens with two attached hydrogens (primary N) is 1. The van der Waals surface area contributed by atoms with Gasteiger partial charge in [0.2, 0.25) is 0 Å². The molecule has 0 radical (unpaired) electrons. The molecule has 0 bridgehead atoms. The molecule has 0 heterocycles. The summed E-state index contributed by atoms with van der Waals surface area (Å²) in [6.07, 6.45) is -5.60. The SMILES string of the molecule is CC[C@H](O)[C@H](N)c1cc(C(F)(F)F)cc(Cl)c1F. The third kappa shape index (κ3) is 3.13. The number of aliphatic hydroxyl groups excluding tert-OH is 1. The number of aliphatic hydroxyl groups is 1. The number of halogens is 5. The maximum atomic E-state index is 13.6. The van der Waals surface area contributed by atoms with Crippen LogP contribution in [0.3, 0.4) is 0 Å². The smallest absolute Gasteiger partial charge is 0.391 e. The molecule has 0 saturated carbocycles. The summed E-state index contributed by atoms with van der Waals surface area (Å²) in [5.74, 6) is -1.04. The Morgan fingerprint density at radius 2 is 1.94 bits per heavy atom. The van der Waals surface area contributed by atoms with Crippen molar-refractivity contribution < 1.29 is 22.7 Å². The predicted octanol–water partition coefficient (Wildman–Crippen LogP) is 3.27. The molecule has 0 unspecified atom stereocenters. The van der Waals surface area contributed by atoms with Crippen molar-refractivity contribution in [2.45, 2.75) is 31.7 Å². The van der Waals surface area contributed by atoms with Gasteiger partial charge in [-0.3, -0.25) is 0 Å². The van der Waals surface area contributed by atoms with E-state index in [1.165, 1.54) is 0 Å². The van der Waals surface area contributed by atoms with Gasteiger partial charge in [0.25, 0.3) is 0 Å². The molecule has 1 rings (SSSR count). The van der Waals surface area contributed by atoms with E-state index in [0.29, 0.717) is 12.1 Å². The first-order valence-electron chi connectivity index (χ1n) is 5.18. The van der Waals surface area contributed by atoms with E-state index in [4.69, 9.17) is 17.3 Å². The topological polar surface area (TPSA) is 46.2 Å². The van der Waals surface area contributed by atoms with Crippen LogP contribution in [-0.2, 0) is 6.18 Å². The zero-order valence-corrected chi connectivity index (χ0v) is 10.2. The molecule has 0 amide bonds. The molecule has 3 N–H and O–H groups in total. The molecule has 7 heteroatoms. The number of hydrogen-bond acceptors (Lipinski definition) is 2. The van der Waals surface area contributed by atoms with Crippen molar-refractivity contribution >= 4 is 11.6 Å². The van der Waals surface area contributed by atoms with Gasteiger partial charge in [0.1, 0.15) is 5.82 Å². The average Bonchev–Trinajstić information content (AvgIpc) is 2.29. The van der Waals surface area contributed by atoms with Crippen LogP contribution < -0.4 is 5.73 Å². The average molecular weight is 286 g/mol. The van der Waals surface area contributed by atoms with E-state index in [9.17, 15) is 22.7 Å². The van der Waals surface area contributed by atoms with Crippen LogP contribution in [0.5, 0.6) is 0 Å². The Kier molecular flexibility index (Phi) is 4.58. The summed E-state index contributed by atoms with van der Waals surface area (Å²) >= 11 is 5.40. The van der Waals surface area contributed by atoms with E-state index in [2.05, 4.69) is 0 Å². The van der Waals surface area contributed by atoms with Gasteiger partial charge in [-0.2, -0.15) is 13.2 Å². The van der Waals surface area contributed by atoms with E-state index in [1.54, 1.807) is 6.92 Å². The molecule has 0 aliphatic heterocycles. The van der Waals surface area contributed by atoms with Crippen LogP contribution in [0.15, 0.2) is 12.1 Å². The quantitative estimate of drug-likeness (QED) is 0.837. The van der Waals surface area contributed by atoms with Crippen LogP contribution in [0.25, 0.3) is 0 Å². The van der Waals surface area contributed by atoms with Crippen LogP contribution >= 0.6 is 11.6 Å². The Bertz CT molecular complexity index is 436. The Morgan fingerprint density at radius 3 is 2.39 bits per heavy atom. The third-order valence-corrected chi connectivity index (χ3v) is 2.85. The number of benzene rings is 1. The highest BCUT2D eigenvalue weighted by molar-refractivity contribution is 6.30. The zero-order valence-electron chi connectivity index (χ0n) is 9.43.